The second-order valence-electron chi connectivity index (χ2n) is 7.20. The Bertz CT molecular complexity index is 1060. The van der Waals surface area contributed by atoms with Gasteiger partial charge in [0.25, 0.3) is 0 Å². The number of halogens is 2. The number of aryl methyl sites for hydroxylation is 1. The van der Waals surface area contributed by atoms with Crippen molar-refractivity contribution in [1.29, 1.82) is 0 Å². The molecule has 0 amide bonds. The highest BCUT2D eigenvalue weighted by Gasteiger charge is 2.41. The molecule has 0 saturated carbocycles. The third kappa shape index (κ3) is 2.95. The van der Waals surface area contributed by atoms with Crippen LogP contribution in [0.1, 0.15) is 40.9 Å². The van der Waals surface area contributed by atoms with Crippen LogP contribution in [-0.2, 0) is 0 Å². The minimum Gasteiger partial charge on any atom is -0.463 e. The zero-order valence-corrected chi connectivity index (χ0v) is 16.8. The molecule has 2 heterocycles. The summed E-state index contributed by atoms with van der Waals surface area (Å²) < 4.78 is 6.35. The summed E-state index contributed by atoms with van der Waals surface area (Å²) in [5.41, 5.74) is 5.42. The molecular formula is C23H18Cl2N2O. The van der Waals surface area contributed by atoms with Crippen LogP contribution in [0.25, 0.3) is 0 Å². The molecule has 2 atom stereocenters. The number of rotatable bonds is 2. The number of hydrazone groups is 1. The summed E-state index contributed by atoms with van der Waals surface area (Å²) in [5, 5.41) is 8.15. The first kappa shape index (κ1) is 17.6. The number of hydrogen-bond donors (Lipinski definition) is 0. The predicted molar refractivity (Wildman–Crippen MR) is 113 cm³/mol. The number of ether oxygens (including phenoxy) is 1. The average molecular weight is 409 g/mol. The third-order valence-corrected chi connectivity index (χ3v) is 5.78. The van der Waals surface area contributed by atoms with E-state index in [1.54, 1.807) is 6.07 Å². The first-order valence-corrected chi connectivity index (χ1v) is 9.99. The van der Waals surface area contributed by atoms with Crippen molar-refractivity contribution in [3.63, 3.8) is 0 Å². The Hall–Kier alpha value is -2.49. The van der Waals surface area contributed by atoms with Gasteiger partial charge >= 0.3 is 0 Å². The number of hydrogen-bond acceptors (Lipinski definition) is 3. The molecule has 3 aromatic rings. The van der Waals surface area contributed by atoms with E-state index >= 15 is 0 Å². The van der Waals surface area contributed by atoms with Crippen LogP contribution in [0.3, 0.4) is 0 Å². The Kier molecular flexibility index (Phi) is 4.30. The van der Waals surface area contributed by atoms with Gasteiger partial charge in [-0.1, -0.05) is 83.4 Å². The van der Waals surface area contributed by atoms with E-state index < -0.39 is 0 Å². The molecule has 0 fully saturated rings. The van der Waals surface area contributed by atoms with Gasteiger partial charge in [0, 0.05) is 22.6 Å². The van der Waals surface area contributed by atoms with E-state index in [-0.39, 0.29) is 12.3 Å². The SMILES string of the molecule is Cc1ccc(C2=NN3[C@H](C2)c2cc(Cl)cc(Cl)c2O[C@@H]3c2ccccc2)cc1. The molecule has 140 valence electrons. The van der Waals surface area contributed by atoms with Crippen LogP contribution in [-0.4, -0.2) is 10.7 Å². The molecule has 0 aliphatic carbocycles. The summed E-state index contributed by atoms with van der Waals surface area (Å²) in [4.78, 5) is 0. The van der Waals surface area contributed by atoms with Crippen molar-refractivity contribution in [2.75, 3.05) is 0 Å². The van der Waals surface area contributed by atoms with Crippen molar-refractivity contribution in [1.82, 2.24) is 5.01 Å². The van der Waals surface area contributed by atoms with Gasteiger partial charge in [-0.2, -0.15) is 5.10 Å². The molecule has 0 aromatic heterocycles. The smallest absolute Gasteiger partial charge is 0.213 e. The molecule has 2 aliphatic heterocycles. The molecule has 3 nitrogen and oxygen atoms in total. The van der Waals surface area contributed by atoms with Gasteiger partial charge in [-0.25, -0.2) is 5.01 Å². The van der Waals surface area contributed by atoms with E-state index in [0.717, 1.165) is 28.8 Å². The van der Waals surface area contributed by atoms with Crippen LogP contribution < -0.4 is 4.74 Å². The summed E-state index contributed by atoms with van der Waals surface area (Å²) in [7, 11) is 0. The molecule has 0 radical (unpaired) electrons. The maximum atomic E-state index is 6.50. The molecule has 0 N–H and O–H groups in total. The maximum Gasteiger partial charge on any atom is 0.213 e. The largest absolute Gasteiger partial charge is 0.463 e. The van der Waals surface area contributed by atoms with E-state index in [4.69, 9.17) is 33.0 Å². The van der Waals surface area contributed by atoms with Gasteiger partial charge in [-0.15, -0.1) is 0 Å². The van der Waals surface area contributed by atoms with Crippen molar-refractivity contribution in [3.8, 4) is 5.75 Å². The van der Waals surface area contributed by atoms with Crippen molar-refractivity contribution in [2.24, 2.45) is 5.10 Å². The Balaban J connectivity index is 1.63. The lowest BCUT2D eigenvalue weighted by Crippen LogP contribution is -2.33. The van der Waals surface area contributed by atoms with Crippen LogP contribution in [0.5, 0.6) is 5.75 Å². The molecule has 0 unspecified atom stereocenters. The van der Waals surface area contributed by atoms with Gasteiger partial charge in [-0.05, 0) is 24.6 Å². The van der Waals surface area contributed by atoms with Gasteiger partial charge in [0.15, 0.2) is 0 Å². The zero-order chi connectivity index (χ0) is 19.3. The standard InChI is InChI=1S/C23H18Cl2N2O/c1-14-7-9-15(10-8-14)20-13-21-18-11-17(24)12-19(25)22(18)28-23(27(21)26-20)16-5-3-2-4-6-16/h2-12,21,23H,13H2,1H3/t21-,23-/m1/s1. The Labute approximate surface area is 174 Å². The second-order valence-corrected chi connectivity index (χ2v) is 8.04. The average Bonchev–Trinajstić information content (AvgIpc) is 3.14. The molecule has 28 heavy (non-hydrogen) atoms. The van der Waals surface area contributed by atoms with E-state index in [1.807, 2.05) is 29.3 Å². The monoisotopic (exact) mass is 408 g/mol. The molecular weight excluding hydrogens is 391 g/mol. The first-order valence-electron chi connectivity index (χ1n) is 9.23. The lowest BCUT2D eigenvalue weighted by molar-refractivity contribution is -0.0189. The van der Waals surface area contributed by atoms with Crippen molar-refractivity contribution >= 4 is 28.9 Å². The van der Waals surface area contributed by atoms with E-state index in [0.29, 0.717) is 15.8 Å². The number of benzene rings is 3. The first-order chi connectivity index (χ1) is 13.6. The molecule has 5 rings (SSSR count). The summed E-state index contributed by atoms with van der Waals surface area (Å²) >= 11 is 12.8. The lowest BCUT2D eigenvalue weighted by atomic mass is 9.95. The fourth-order valence-corrected chi connectivity index (χ4v) is 4.43. The fourth-order valence-electron chi connectivity index (χ4n) is 3.87. The highest BCUT2D eigenvalue weighted by atomic mass is 35.5. The highest BCUT2D eigenvalue weighted by molar-refractivity contribution is 6.35. The van der Waals surface area contributed by atoms with Gasteiger partial charge in [0.1, 0.15) is 5.75 Å². The molecule has 3 aromatic carbocycles. The molecule has 0 bridgehead atoms. The van der Waals surface area contributed by atoms with Crippen LogP contribution >= 0.6 is 23.2 Å². The summed E-state index contributed by atoms with van der Waals surface area (Å²) in [5.74, 6) is 0.696. The minimum atomic E-state index is -0.333. The van der Waals surface area contributed by atoms with E-state index in [2.05, 4.69) is 43.3 Å². The second kappa shape index (κ2) is 6.84. The minimum absolute atomic E-state index is 0.0291. The van der Waals surface area contributed by atoms with Crippen LogP contribution in [0.4, 0.5) is 0 Å². The van der Waals surface area contributed by atoms with Gasteiger partial charge in [0.2, 0.25) is 6.23 Å². The topological polar surface area (TPSA) is 24.8 Å². The maximum absolute atomic E-state index is 6.50. The predicted octanol–water partition coefficient (Wildman–Crippen LogP) is 6.54. The van der Waals surface area contributed by atoms with Gasteiger partial charge < -0.3 is 4.74 Å². The number of nitrogens with zero attached hydrogens (tertiary/aromatic N) is 2. The summed E-state index contributed by atoms with van der Waals surface area (Å²) in [6.45, 7) is 2.09. The Morgan fingerprint density at radius 3 is 2.50 bits per heavy atom. The Morgan fingerprint density at radius 1 is 1.00 bits per heavy atom. The van der Waals surface area contributed by atoms with Crippen LogP contribution in [0.2, 0.25) is 10.0 Å². The fraction of sp³-hybridized carbons (Fsp3) is 0.174. The molecule has 5 heteroatoms. The number of fused-ring (bicyclic) bond motifs is 3. The van der Waals surface area contributed by atoms with Crippen molar-refractivity contribution in [3.05, 3.63) is 99.0 Å². The zero-order valence-electron chi connectivity index (χ0n) is 15.3. The lowest BCUT2D eigenvalue weighted by Gasteiger charge is -2.38. The van der Waals surface area contributed by atoms with E-state index in [1.165, 1.54) is 5.56 Å². The molecule has 2 aliphatic rings. The third-order valence-electron chi connectivity index (χ3n) is 5.28. The van der Waals surface area contributed by atoms with Crippen LogP contribution in [0.15, 0.2) is 71.8 Å². The van der Waals surface area contributed by atoms with Crippen LogP contribution in [0, 0.1) is 6.92 Å². The highest BCUT2D eigenvalue weighted by Crippen LogP contribution is 2.50. The van der Waals surface area contributed by atoms with Gasteiger partial charge in [0.05, 0.1) is 16.8 Å². The van der Waals surface area contributed by atoms with Gasteiger partial charge in [-0.3, -0.25) is 0 Å². The van der Waals surface area contributed by atoms with Crippen molar-refractivity contribution in [2.45, 2.75) is 25.6 Å². The van der Waals surface area contributed by atoms with E-state index in [9.17, 15) is 0 Å². The normalized spacial score (nSPS) is 20.2. The van der Waals surface area contributed by atoms with Crippen molar-refractivity contribution < 1.29 is 4.74 Å². The molecule has 0 spiro atoms. The summed E-state index contributed by atoms with van der Waals surface area (Å²) in [6, 6.07) is 22.3. The summed E-state index contributed by atoms with van der Waals surface area (Å²) in [6.07, 6.45) is 0.444. The Morgan fingerprint density at radius 2 is 1.75 bits per heavy atom. The quantitative estimate of drug-likeness (QED) is 0.480. The molecule has 0 saturated heterocycles.